The van der Waals surface area contributed by atoms with E-state index in [2.05, 4.69) is 4.98 Å². The van der Waals surface area contributed by atoms with Gasteiger partial charge in [0.1, 0.15) is 12.1 Å². The SMILES string of the molecule is CC(C=O)c1ccc(N(C)S(C)(=O)=O)nc1. The first kappa shape index (κ1) is 12.6. The monoisotopic (exact) mass is 242 g/mol. The van der Waals surface area contributed by atoms with Crippen molar-refractivity contribution in [2.45, 2.75) is 12.8 Å². The van der Waals surface area contributed by atoms with Crippen molar-refractivity contribution in [3.8, 4) is 0 Å². The second kappa shape index (κ2) is 4.61. The molecule has 0 aromatic carbocycles. The zero-order valence-electron chi connectivity index (χ0n) is 9.41. The summed E-state index contributed by atoms with van der Waals surface area (Å²) in [5.41, 5.74) is 0.764. The number of aldehydes is 1. The van der Waals surface area contributed by atoms with E-state index >= 15 is 0 Å². The van der Waals surface area contributed by atoms with E-state index in [0.29, 0.717) is 5.82 Å². The standard InChI is InChI=1S/C10H14N2O3S/c1-8(7-13)9-4-5-10(11-6-9)12(2)16(3,14)15/h4-8H,1-3H3. The van der Waals surface area contributed by atoms with Gasteiger partial charge in [0, 0.05) is 19.2 Å². The van der Waals surface area contributed by atoms with Crippen LogP contribution >= 0.6 is 0 Å². The number of hydrogen-bond acceptors (Lipinski definition) is 4. The molecule has 1 heterocycles. The highest BCUT2D eigenvalue weighted by Crippen LogP contribution is 2.16. The van der Waals surface area contributed by atoms with Crippen LogP contribution in [-0.2, 0) is 14.8 Å². The predicted octanol–water partition coefficient (Wildman–Crippen LogP) is 0.780. The van der Waals surface area contributed by atoms with Gasteiger partial charge in [0.05, 0.1) is 6.26 Å². The Bertz CT molecular complexity index is 467. The summed E-state index contributed by atoms with van der Waals surface area (Å²) in [5.74, 6) is 0.106. The second-order valence-electron chi connectivity index (χ2n) is 3.60. The number of anilines is 1. The average Bonchev–Trinajstić information content (AvgIpc) is 2.26. The van der Waals surface area contributed by atoms with Gasteiger partial charge in [-0.25, -0.2) is 13.4 Å². The summed E-state index contributed by atoms with van der Waals surface area (Å²) in [4.78, 5) is 14.6. The number of carbonyl (C=O) groups excluding carboxylic acids is 1. The lowest BCUT2D eigenvalue weighted by molar-refractivity contribution is -0.108. The Hall–Kier alpha value is -1.43. The zero-order chi connectivity index (χ0) is 12.3. The van der Waals surface area contributed by atoms with Crippen LogP contribution in [0.25, 0.3) is 0 Å². The smallest absolute Gasteiger partial charge is 0.233 e. The highest BCUT2D eigenvalue weighted by Gasteiger charge is 2.13. The molecule has 1 rings (SSSR count). The number of hydrogen-bond donors (Lipinski definition) is 0. The number of pyridine rings is 1. The topological polar surface area (TPSA) is 67.3 Å². The maximum atomic E-state index is 11.2. The summed E-state index contributed by atoms with van der Waals surface area (Å²) < 4.78 is 23.6. The van der Waals surface area contributed by atoms with Gasteiger partial charge in [0.2, 0.25) is 10.0 Å². The molecule has 0 aliphatic heterocycles. The molecule has 1 aromatic rings. The van der Waals surface area contributed by atoms with Gasteiger partial charge in [0.15, 0.2) is 0 Å². The number of sulfonamides is 1. The van der Waals surface area contributed by atoms with Crippen LogP contribution in [0.5, 0.6) is 0 Å². The van der Waals surface area contributed by atoms with Crippen LogP contribution < -0.4 is 4.31 Å². The normalized spacial score (nSPS) is 13.2. The van der Waals surface area contributed by atoms with E-state index in [0.717, 1.165) is 22.4 Å². The Kier molecular flexibility index (Phi) is 3.64. The summed E-state index contributed by atoms with van der Waals surface area (Å²) in [5, 5.41) is 0. The van der Waals surface area contributed by atoms with Gasteiger partial charge in [-0.1, -0.05) is 13.0 Å². The largest absolute Gasteiger partial charge is 0.303 e. The lowest BCUT2D eigenvalue weighted by Crippen LogP contribution is -2.25. The minimum Gasteiger partial charge on any atom is -0.303 e. The first-order valence-electron chi connectivity index (χ1n) is 4.71. The first-order chi connectivity index (χ1) is 7.36. The van der Waals surface area contributed by atoms with Gasteiger partial charge in [-0.2, -0.15) is 0 Å². The molecule has 0 amide bonds. The molecule has 0 aliphatic rings. The third kappa shape index (κ3) is 2.79. The number of rotatable bonds is 4. The molecule has 0 bridgehead atoms. The Labute approximate surface area is 95.2 Å². The van der Waals surface area contributed by atoms with Crippen molar-refractivity contribution in [3.63, 3.8) is 0 Å². The van der Waals surface area contributed by atoms with Crippen LogP contribution in [0.1, 0.15) is 18.4 Å². The summed E-state index contributed by atoms with van der Waals surface area (Å²) in [6, 6.07) is 3.28. The van der Waals surface area contributed by atoms with Crippen LogP contribution in [0, 0.1) is 0 Å². The predicted molar refractivity (Wildman–Crippen MR) is 62.0 cm³/mol. The van der Waals surface area contributed by atoms with E-state index in [4.69, 9.17) is 0 Å². The van der Waals surface area contributed by atoms with E-state index in [1.165, 1.54) is 13.2 Å². The Morgan fingerprint density at radius 1 is 1.44 bits per heavy atom. The zero-order valence-corrected chi connectivity index (χ0v) is 10.2. The molecule has 0 N–H and O–H groups in total. The molecule has 0 aliphatic carbocycles. The molecule has 0 radical (unpaired) electrons. The minimum atomic E-state index is -3.29. The van der Waals surface area contributed by atoms with Crippen LogP contribution in [0.2, 0.25) is 0 Å². The van der Waals surface area contributed by atoms with Crippen molar-refractivity contribution in [2.24, 2.45) is 0 Å². The van der Waals surface area contributed by atoms with Crippen LogP contribution in [-0.4, -0.2) is 33.0 Å². The molecule has 5 nitrogen and oxygen atoms in total. The molecule has 0 fully saturated rings. The Morgan fingerprint density at radius 3 is 2.44 bits per heavy atom. The van der Waals surface area contributed by atoms with Crippen molar-refractivity contribution in [1.82, 2.24) is 4.98 Å². The van der Waals surface area contributed by atoms with Crippen molar-refractivity contribution in [2.75, 3.05) is 17.6 Å². The molecule has 16 heavy (non-hydrogen) atoms. The van der Waals surface area contributed by atoms with Crippen molar-refractivity contribution < 1.29 is 13.2 Å². The molecular formula is C10H14N2O3S. The molecule has 1 unspecified atom stereocenters. The number of carbonyl (C=O) groups is 1. The van der Waals surface area contributed by atoms with Crippen molar-refractivity contribution in [1.29, 1.82) is 0 Å². The lowest BCUT2D eigenvalue weighted by Gasteiger charge is -2.15. The third-order valence-corrected chi connectivity index (χ3v) is 3.50. The van der Waals surface area contributed by atoms with Gasteiger partial charge in [-0.05, 0) is 11.6 Å². The highest BCUT2D eigenvalue weighted by atomic mass is 32.2. The fraction of sp³-hybridized carbons (Fsp3) is 0.400. The van der Waals surface area contributed by atoms with E-state index in [9.17, 15) is 13.2 Å². The van der Waals surface area contributed by atoms with Gasteiger partial charge in [-0.15, -0.1) is 0 Å². The maximum Gasteiger partial charge on any atom is 0.233 e. The van der Waals surface area contributed by atoms with Gasteiger partial charge in [-0.3, -0.25) is 4.31 Å². The Morgan fingerprint density at radius 2 is 2.06 bits per heavy atom. The fourth-order valence-corrected chi connectivity index (χ4v) is 1.55. The summed E-state index contributed by atoms with van der Waals surface area (Å²) in [7, 11) is -1.86. The van der Waals surface area contributed by atoms with E-state index < -0.39 is 10.0 Å². The van der Waals surface area contributed by atoms with Crippen LogP contribution in [0.3, 0.4) is 0 Å². The lowest BCUT2D eigenvalue weighted by atomic mass is 10.1. The molecule has 1 atom stereocenters. The molecule has 0 saturated carbocycles. The molecular weight excluding hydrogens is 228 g/mol. The van der Waals surface area contributed by atoms with Gasteiger partial charge >= 0.3 is 0 Å². The van der Waals surface area contributed by atoms with Gasteiger partial charge < -0.3 is 4.79 Å². The number of nitrogens with zero attached hydrogens (tertiary/aromatic N) is 2. The van der Waals surface area contributed by atoms with Crippen LogP contribution in [0.4, 0.5) is 5.82 Å². The van der Waals surface area contributed by atoms with Crippen molar-refractivity contribution >= 4 is 22.1 Å². The number of aromatic nitrogens is 1. The van der Waals surface area contributed by atoms with Gasteiger partial charge in [0.25, 0.3) is 0 Å². The summed E-state index contributed by atoms with van der Waals surface area (Å²) in [6.45, 7) is 1.75. The first-order valence-corrected chi connectivity index (χ1v) is 6.56. The van der Waals surface area contributed by atoms with E-state index in [1.54, 1.807) is 19.1 Å². The summed E-state index contributed by atoms with van der Waals surface area (Å²) in [6.07, 6.45) is 3.43. The molecule has 0 spiro atoms. The van der Waals surface area contributed by atoms with E-state index in [1.807, 2.05) is 0 Å². The molecule has 1 aromatic heterocycles. The Balaban J connectivity index is 3.00. The maximum absolute atomic E-state index is 11.2. The molecule has 88 valence electrons. The fourth-order valence-electron chi connectivity index (χ4n) is 1.10. The highest BCUT2D eigenvalue weighted by molar-refractivity contribution is 7.92. The van der Waals surface area contributed by atoms with Crippen LogP contribution in [0.15, 0.2) is 18.3 Å². The minimum absolute atomic E-state index is 0.231. The molecule has 0 saturated heterocycles. The average molecular weight is 242 g/mol. The quantitative estimate of drug-likeness (QED) is 0.732. The molecule has 6 heteroatoms. The van der Waals surface area contributed by atoms with E-state index in [-0.39, 0.29) is 5.92 Å². The second-order valence-corrected chi connectivity index (χ2v) is 5.62. The van der Waals surface area contributed by atoms with Crippen molar-refractivity contribution in [3.05, 3.63) is 23.9 Å². The third-order valence-electron chi connectivity index (χ3n) is 2.32. The summed E-state index contributed by atoms with van der Waals surface area (Å²) >= 11 is 0.